The van der Waals surface area contributed by atoms with Crippen LogP contribution in [0.5, 0.6) is 5.75 Å². The van der Waals surface area contributed by atoms with Crippen molar-refractivity contribution in [1.82, 2.24) is 20.2 Å². The number of ether oxygens (including phenoxy) is 1. The molecule has 2 aliphatic heterocycles. The van der Waals surface area contributed by atoms with Gasteiger partial charge in [0.1, 0.15) is 10.8 Å². The molecule has 1 amide bonds. The van der Waals surface area contributed by atoms with Crippen molar-refractivity contribution in [1.29, 1.82) is 0 Å². The molecule has 1 saturated heterocycles. The summed E-state index contributed by atoms with van der Waals surface area (Å²) in [7, 11) is -3.56. The fourth-order valence-corrected chi connectivity index (χ4v) is 6.38. The number of amides is 1. The van der Waals surface area contributed by atoms with E-state index in [0.29, 0.717) is 29.2 Å². The summed E-state index contributed by atoms with van der Waals surface area (Å²) in [5, 5.41) is 9.26. The lowest BCUT2D eigenvalue weighted by molar-refractivity contribution is 0.0674. The predicted molar refractivity (Wildman–Crippen MR) is 160 cm³/mol. The number of halogens is 1. The Morgan fingerprint density at radius 1 is 1.12 bits per heavy atom. The Kier molecular flexibility index (Phi) is 8.40. The first-order valence-electron chi connectivity index (χ1n) is 13.8. The largest absolute Gasteiger partial charge is 0.489 e. The molecule has 1 aromatic heterocycles. The Labute approximate surface area is 245 Å². The molecule has 0 bridgehead atoms. The van der Waals surface area contributed by atoms with Gasteiger partial charge in [0.25, 0.3) is 5.91 Å². The quantitative estimate of drug-likeness (QED) is 0.301. The fourth-order valence-electron chi connectivity index (χ4n) is 5.04. The molecule has 5 rings (SSSR count). The van der Waals surface area contributed by atoms with Crippen LogP contribution in [-0.2, 0) is 16.4 Å². The average molecular weight is 599 g/mol. The monoisotopic (exact) mass is 598 g/mol. The molecule has 1 atom stereocenters. The number of nitrogens with one attached hydrogen (secondary N) is 3. The summed E-state index contributed by atoms with van der Waals surface area (Å²) in [4.78, 5) is 24.4. The van der Waals surface area contributed by atoms with Crippen LogP contribution < -0.4 is 20.7 Å². The van der Waals surface area contributed by atoms with Crippen LogP contribution >= 0.6 is 11.6 Å². The minimum absolute atomic E-state index is 0.00445. The maximum Gasteiger partial charge on any atom is 0.254 e. The van der Waals surface area contributed by atoms with E-state index in [4.69, 9.17) is 16.3 Å². The van der Waals surface area contributed by atoms with Crippen molar-refractivity contribution in [2.75, 3.05) is 23.7 Å². The van der Waals surface area contributed by atoms with Crippen LogP contribution in [0.4, 0.5) is 23.1 Å². The second kappa shape index (κ2) is 11.8. The molecular formula is C29H35ClN6O4S. The Morgan fingerprint density at radius 2 is 1.90 bits per heavy atom. The zero-order chi connectivity index (χ0) is 29.3. The number of carbonyl (C=O) groups excluding carboxylic acids is 1. The number of aromatic nitrogens is 2. The van der Waals surface area contributed by atoms with Crippen molar-refractivity contribution in [3.05, 3.63) is 58.7 Å². The Hall–Kier alpha value is -3.41. The molecule has 12 heteroatoms. The molecule has 1 fully saturated rings. The summed E-state index contributed by atoms with van der Waals surface area (Å²) in [6.45, 7) is 9.44. The van der Waals surface area contributed by atoms with Gasteiger partial charge in [-0.2, -0.15) is 4.98 Å². The van der Waals surface area contributed by atoms with Gasteiger partial charge >= 0.3 is 0 Å². The topological polar surface area (TPSA) is 126 Å². The first-order valence-corrected chi connectivity index (χ1v) is 15.7. The van der Waals surface area contributed by atoms with Crippen LogP contribution in [0.1, 0.15) is 56.5 Å². The number of para-hydroxylation sites is 1. The maximum atomic E-state index is 13.4. The van der Waals surface area contributed by atoms with E-state index in [9.17, 15) is 13.2 Å². The Bertz CT molecular complexity index is 1560. The molecule has 10 nitrogen and oxygen atoms in total. The number of benzene rings is 2. The Morgan fingerprint density at radius 3 is 2.61 bits per heavy atom. The highest BCUT2D eigenvalue weighted by Gasteiger charge is 2.34. The van der Waals surface area contributed by atoms with Gasteiger partial charge in [0.15, 0.2) is 15.7 Å². The zero-order valence-electron chi connectivity index (χ0n) is 23.6. The predicted octanol–water partition coefficient (Wildman–Crippen LogP) is 5.29. The van der Waals surface area contributed by atoms with E-state index < -0.39 is 15.1 Å². The van der Waals surface area contributed by atoms with Crippen molar-refractivity contribution in [2.24, 2.45) is 0 Å². The highest BCUT2D eigenvalue weighted by molar-refractivity contribution is 7.92. The highest BCUT2D eigenvalue weighted by atomic mass is 35.5. The summed E-state index contributed by atoms with van der Waals surface area (Å²) >= 11 is 6.42. The summed E-state index contributed by atoms with van der Waals surface area (Å²) in [5.41, 5.74) is 2.45. The van der Waals surface area contributed by atoms with E-state index in [-0.39, 0.29) is 39.7 Å². The molecule has 3 heterocycles. The summed E-state index contributed by atoms with van der Waals surface area (Å²) < 4.78 is 32.0. The van der Waals surface area contributed by atoms with Gasteiger partial charge in [-0.25, -0.2) is 13.4 Å². The molecule has 41 heavy (non-hydrogen) atoms. The fraction of sp³-hybridized carbons (Fsp3) is 0.414. The SMILES string of the molecule is CC(C)Oc1cc2c(cc1Nc1ncc(Cl)c(Nc3ccccc3S(=O)(=O)C(C)C)n1)C(=O)N([C@@H]1CCCNC1)C2. The number of carbonyl (C=O) groups is 1. The van der Waals surface area contributed by atoms with Crippen LogP contribution in [0.15, 0.2) is 47.5 Å². The molecule has 0 radical (unpaired) electrons. The molecule has 0 spiro atoms. The highest BCUT2D eigenvalue weighted by Crippen LogP contribution is 2.37. The zero-order valence-corrected chi connectivity index (χ0v) is 25.1. The normalized spacial score (nSPS) is 17.2. The average Bonchev–Trinajstić information content (AvgIpc) is 3.26. The number of hydrogen-bond donors (Lipinski definition) is 3. The van der Waals surface area contributed by atoms with Crippen LogP contribution in [-0.4, -0.2) is 59.7 Å². The van der Waals surface area contributed by atoms with E-state index in [1.807, 2.05) is 24.8 Å². The van der Waals surface area contributed by atoms with Crippen LogP contribution in [0.25, 0.3) is 0 Å². The number of piperidine rings is 1. The Balaban J connectivity index is 1.45. The van der Waals surface area contributed by atoms with E-state index in [1.54, 1.807) is 44.2 Å². The van der Waals surface area contributed by atoms with E-state index in [2.05, 4.69) is 25.9 Å². The molecule has 2 aliphatic rings. The van der Waals surface area contributed by atoms with Crippen molar-refractivity contribution >= 4 is 50.5 Å². The van der Waals surface area contributed by atoms with E-state index >= 15 is 0 Å². The lowest BCUT2D eigenvalue weighted by atomic mass is 10.1. The first kappa shape index (κ1) is 29.1. The lowest BCUT2D eigenvalue weighted by Crippen LogP contribution is -2.46. The van der Waals surface area contributed by atoms with Crippen molar-refractivity contribution in [3.8, 4) is 5.75 Å². The number of nitrogens with zero attached hydrogens (tertiary/aromatic N) is 3. The third-order valence-corrected chi connectivity index (χ3v) is 9.66. The molecular weight excluding hydrogens is 564 g/mol. The third kappa shape index (κ3) is 6.12. The van der Waals surface area contributed by atoms with Gasteiger partial charge in [0, 0.05) is 24.7 Å². The number of anilines is 4. The van der Waals surface area contributed by atoms with Gasteiger partial charge < -0.3 is 25.6 Å². The molecule has 3 aromatic rings. The van der Waals surface area contributed by atoms with Crippen LogP contribution in [0, 0.1) is 0 Å². The van der Waals surface area contributed by atoms with Crippen LogP contribution in [0.2, 0.25) is 5.02 Å². The van der Waals surface area contributed by atoms with Gasteiger partial charge in [0.2, 0.25) is 5.95 Å². The van der Waals surface area contributed by atoms with Gasteiger partial charge in [-0.05, 0) is 76.9 Å². The summed E-state index contributed by atoms with van der Waals surface area (Å²) in [6, 6.07) is 10.5. The van der Waals surface area contributed by atoms with Gasteiger partial charge in [-0.15, -0.1) is 0 Å². The summed E-state index contributed by atoms with van der Waals surface area (Å²) in [6.07, 6.45) is 3.34. The van der Waals surface area contributed by atoms with E-state index in [0.717, 1.165) is 31.5 Å². The molecule has 0 aliphatic carbocycles. The van der Waals surface area contributed by atoms with Gasteiger partial charge in [-0.1, -0.05) is 23.7 Å². The molecule has 0 unspecified atom stereocenters. The minimum atomic E-state index is -3.56. The standard InChI is InChI=1S/C29H35ClN6O4S/c1-17(2)40-25-12-19-16-36(20-8-7-11-31-14-20)28(37)21(19)13-24(25)34-29-32-15-22(30)27(35-29)33-23-9-5-6-10-26(23)41(38,39)18(3)4/h5-6,9-10,12-13,15,17-18,20,31H,7-8,11,14,16H2,1-4H3,(H2,32,33,34,35)/t20-/m1/s1. The number of sulfone groups is 1. The second-order valence-electron chi connectivity index (χ2n) is 10.8. The van der Waals surface area contributed by atoms with Crippen molar-refractivity contribution in [3.63, 3.8) is 0 Å². The van der Waals surface area contributed by atoms with Gasteiger partial charge in [0.05, 0.1) is 33.8 Å². The van der Waals surface area contributed by atoms with Gasteiger partial charge in [-0.3, -0.25) is 4.79 Å². The van der Waals surface area contributed by atoms with E-state index in [1.165, 1.54) is 6.20 Å². The molecule has 2 aromatic carbocycles. The molecule has 0 saturated carbocycles. The molecule has 218 valence electrons. The number of rotatable bonds is 9. The maximum absolute atomic E-state index is 13.4. The second-order valence-corrected chi connectivity index (χ2v) is 13.7. The lowest BCUT2D eigenvalue weighted by Gasteiger charge is -2.31. The summed E-state index contributed by atoms with van der Waals surface area (Å²) in [5.74, 6) is 1.01. The molecule has 3 N–H and O–H groups in total. The van der Waals surface area contributed by atoms with Crippen molar-refractivity contribution < 1.29 is 17.9 Å². The smallest absolute Gasteiger partial charge is 0.254 e. The number of hydrogen-bond acceptors (Lipinski definition) is 9. The van der Waals surface area contributed by atoms with Crippen molar-refractivity contribution in [2.45, 2.75) is 69.4 Å². The van der Waals surface area contributed by atoms with Crippen LogP contribution in [0.3, 0.4) is 0 Å². The number of fused-ring (bicyclic) bond motifs is 1. The minimum Gasteiger partial charge on any atom is -0.489 e. The first-order chi connectivity index (χ1) is 19.5. The third-order valence-electron chi connectivity index (χ3n) is 7.17.